The molecule has 3 aromatic carbocycles. The van der Waals surface area contributed by atoms with Gasteiger partial charge in [-0.1, -0.05) is 24.3 Å². The number of carbonyl (C=O) groups is 2. The zero-order chi connectivity index (χ0) is 22.2. The van der Waals surface area contributed by atoms with E-state index in [4.69, 9.17) is 15.2 Å². The van der Waals surface area contributed by atoms with Crippen LogP contribution in [0.4, 0.5) is 17.1 Å². The average Bonchev–Trinajstić information content (AvgIpc) is 2.79. The van der Waals surface area contributed by atoms with Crippen LogP contribution in [0, 0.1) is 0 Å². The lowest BCUT2D eigenvalue weighted by Crippen LogP contribution is -2.40. The fourth-order valence-corrected chi connectivity index (χ4v) is 3.78. The molecule has 0 spiro atoms. The number of nitrogens with two attached hydrogens (primary N) is 1. The van der Waals surface area contributed by atoms with Crippen molar-refractivity contribution < 1.29 is 24.2 Å². The maximum atomic E-state index is 12.0. The zero-order valence-electron chi connectivity index (χ0n) is 16.7. The van der Waals surface area contributed by atoms with E-state index in [0.29, 0.717) is 40.1 Å². The van der Waals surface area contributed by atoms with Gasteiger partial charge in [-0.15, -0.1) is 0 Å². The Kier molecular flexibility index (Phi) is 4.63. The van der Waals surface area contributed by atoms with Crippen LogP contribution in [0.2, 0.25) is 0 Å². The Hall–Kier alpha value is -4.52. The normalized spacial score (nSPS) is 16.5. The SMILES string of the molecule is Nc1ccc(Oc2ccc3c(c2)OC2=CC(=O)C=CC2N3c2ccccc2C(=O)[O-])cc1. The number of ether oxygens (including phenoxy) is 2. The van der Waals surface area contributed by atoms with E-state index in [9.17, 15) is 14.7 Å². The highest BCUT2D eigenvalue weighted by Gasteiger charge is 2.35. The molecule has 7 nitrogen and oxygen atoms in total. The molecular formula is C25H17N2O5-. The number of aromatic carboxylic acids is 1. The number of nitrogen functional groups attached to an aromatic ring is 1. The molecule has 0 aromatic heterocycles. The number of hydrogen-bond donors (Lipinski definition) is 1. The average molecular weight is 425 g/mol. The van der Waals surface area contributed by atoms with Gasteiger partial charge >= 0.3 is 0 Å². The van der Waals surface area contributed by atoms with Gasteiger partial charge in [0.2, 0.25) is 0 Å². The van der Waals surface area contributed by atoms with Gasteiger partial charge in [-0.2, -0.15) is 0 Å². The largest absolute Gasteiger partial charge is 0.545 e. The molecule has 2 aliphatic rings. The monoisotopic (exact) mass is 425 g/mol. The number of carboxylic acid groups (broad SMARTS) is 1. The lowest BCUT2D eigenvalue weighted by atomic mass is 10.00. The first-order chi connectivity index (χ1) is 15.5. The molecule has 1 aliphatic carbocycles. The molecule has 0 amide bonds. The van der Waals surface area contributed by atoms with Crippen LogP contribution < -0.4 is 25.2 Å². The molecule has 32 heavy (non-hydrogen) atoms. The maximum absolute atomic E-state index is 12.0. The predicted octanol–water partition coefficient (Wildman–Crippen LogP) is 3.35. The molecule has 0 saturated heterocycles. The first kappa shape index (κ1) is 19.4. The molecule has 5 rings (SSSR count). The minimum Gasteiger partial charge on any atom is -0.545 e. The molecule has 1 atom stereocenters. The van der Waals surface area contributed by atoms with Gasteiger partial charge in [0.05, 0.1) is 17.3 Å². The molecule has 0 radical (unpaired) electrons. The summed E-state index contributed by atoms with van der Waals surface area (Å²) in [5.41, 5.74) is 7.44. The molecule has 0 saturated carbocycles. The summed E-state index contributed by atoms with van der Waals surface area (Å²) in [5.74, 6) is 0.431. The van der Waals surface area contributed by atoms with Crippen molar-refractivity contribution in [3.8, 4) is 17.2 Å². The first-order valence-electron chi connectivity index (χ1n) is 9.88. The molecule has 0 fully saturated rings. The topological polar surface area (TPSA) is 105 Å². The standard InChI is InChI=1S/C25H18N2O5/c26-15-5-8-17(9-6-15)31-18-10-12-22-24(14-18)32-23-13-16(28)7-11-21(23)27(22)20-4-2-1-3-19(20)25(29)30/h1-14,21H,26H2,(H,29,30)/p-1. The predicted molar refractivity (Wildman–Crippen MR) is 117 cm³/mol. The Labute approximate surface area is 183 Å². The van der Waals surface area contributed by atoms with Crippen molar-refractivity contribution in [2.24, 2.45) is 0 Å². The fraction of sp³-hybridized carbons (Fsp3) is 0.0400. The van der Waals surface area contributed by atoms with Crippen LogP contribution in [-0.2, 0) is 4.79 Å². The van der Waals surface area contributed by atoms with Gasteiger partial charge in [0.1, 0.15) is 23.3 Å². The van der Waals surface area contributed by atoms with Crippen LogP contribution in [0.15, 0.2) is 90.7 Å². The van der Waals surface area contributed by atoms with Crippen molar-refractivity contribution >= 4 is 28.8 Å². The minimum absolute atomic E-state index is 0.0344. The zero-order valence-corrected chi connectivity index (χ0v) is 16.7. The van der Waals surface area contributed by atoms with Gasteiger partial charge in [-0.25, -0.2) is 0 Å². The number of rotatable bonds is 4. The van der Waals surface area contributed by atoms with E-state index in [2.05, 4.69) is 0 Å². The fourth-order valence-electron chi connectivity index (χ4n) is 3.78. The Morgan fingerprint density at radius 2 is 1.75 bits per heavy atom. The highest BCUT2D eigenvalue weighted by atomic mass is 16.5. The van der Waals surface area contributed by atoms with E-state index in [-0.39, 0.29) is 11.3 Å². The first-order valence-corrected chi connectivity index (χ1v) is 9.88. The van der Waals surface area contributed by atoms with Crippen LogP contribution in [0.1, 0.15) is 10.4 Å². The highest BCUT2D eigenvalue weighted by Crippen LogP contribution is 2.46. The number of nitrogens with zero attached hydrogens (tertiary/aromatic N) is 1. The summed E-state index contributed by atoms with van der Waals surface area (Å²) in [5, 5.41) is 11.8. The number of hydrogen-bond acceptors (Lipinski definition) is 7. The summed E-state index contributed by atoms with van der Waals surface area (Å²) >= 11 is 0. The molecule has 1 aliphatic heterocycles. The third-order valence-electron chi connectivity index (χ3n) is 5.21. The Morgan fingerprint density at radius 1 is 1.00 bits per heavy atom. The number of para-hydroxylation sites is 1. The summed E-state index contributed by atoms with van der Waals surface area (Å²) in [6, 6.07) is 18.3. The van der Waals surface area contributed by atoms with E-state index in [1.165, 1.54) is 18.2 Å². The number of allylic oxidation sites excluding steroid dienone is 2. The smallest absolute Gasteiger partial charge is 0.181 e. The Balaban J connectivity index is 1.61. The van der Waals surface area contributed by atoms with Gasteiger partial charge in [0.25, 0.3) is 0 Å². The number of anilines is 3. The molecule has 158 valence electrons. The molecule has 0 bridgehead atoms. The number of carbonyl (C=O) groups excluding carboxylic acids is 2. The molecule has 1 heterocycles. The van der Waals surface area contributed by atoms with E-state index in [0.717, 1.165) is 0 Å². The van der Waals surface area contributed by atoms with Crippen LogP contribution in [0.25, 0.3) is 0 Å². The molecule has 7 heteroatoms. The van der Waals surface area contributed by atoms with Crippen LogP contribution in [0.3, 0.4) is 0 Å². The van der Waals surface area contributed by atoms with Crippen molar-refractivity contribution in [1.82, 2.24) is 0 Å². The highest BCUT2D eigenvalue weighted by molar-refractivity contribution is 6.02. The second-order valence-electron chi connectivity index (χ2n) is 7.33. The van der Waals surface area contributed by atoms with Crippen molar-refractivity contribution in [3.63, 3.8) is 0 Å². The maximum Gasteiger partial charge on any atom is 0.181 e. The summed E-state index contributed by atoms with van der Waals surface area (Å²) in [4.78, 5) is 25.6. The lowest BCUT2D eigenvalue weighted by Gasteiger charge is -2.40. The second kappa shape index (κ2) is 7.63. The lowest BCUT2D eigenvalue weighted by molar-refractivity contribution is -0.254. The molecule has 2 N–H and O–H groups in total. The summed E-state index contributed by atoms with van der Waals surface area (Å²) in [7, 11) is 0. The molecule has 1 unspecified atom stereocenters. The van der Waals surface area contributed by atoms with E-state index >= 15 is 0 Å². The molecular weight excluding hydrogens is 408 g/mol. The second-order valence-corrected chi connectivity index (χ2v) is 7.33. The number of benzene rings is 3. The van der Waals surface area contributed by atoms with Gasteiger partial charge in [0, 0.05) is 23.4 Å². The summed E-state index contributed by atoms with van der Waals surface area (Å²) < 4.78 is 11.9. The van der Waals surface area contributed by atoms with E-state index < -0.39 is 12.0 Å². The summed E-state index contributed by atoms with van der Waals surface area (Å²) in [6.45, 7) is 0. The van der Waals surface area contributed by atoms with Crippen LogP contribution in [0.5, 0.6) is 17.2 Å². The number of carboxylic acids is 1. The number of fused-ring (bicyclic) bond motifs is 2. The van der Waals surface area contributed by atoms with Crippen molar-refractivity contribution in [2.75, 3.05) is 10.6 Å². The number of ketones is 1. The van der Waals surface area contributed by atoms with Crippen molar-refractivity contribution in [2.45, 2.75) is 6.04 Å². The van der Waals surface area contributed by atoms with Crippen molar-refractivity contribution in [1.29, 1.82) is 0 Å². The minimum atomic E-state index is -1.29. The van der Waals surface area contributed by atoms with E-state index in [1.807, 2.05) is 4.90 Å². The van der Waals surface area contributed by atoms with Crippen LogP contribution in [-0.4, -0.2) is 17.8 Å². The van der Waals surface area contributed by atoms with Gasteiger partial charge < -0.3 is 30.0 Å². The van der Waals surface area contributed by atoms with Gasteiger partial charge in [-0.3, -0.25) is 4.79 Å². The molecule has 3 aromatic rings. The summed E-state index contributed by atoms with van der Waals surface area (Å²) in [6.07, 6.45) is 4.52. The third-order valence-corrected chi connectivity index (χ3v) is 5.21. The van der Waals surface area contributed by atoms with E-state index in [1.54, 1.807) is 66.7 Å². The quantitative estimate of drug-likeness (QED) is 0.639. The van der Waals surface area contributed by atoms with Crippen LogP contribution >= 0.6 is 0 Å². The van der Waals surface area contributed by atoms with Gasteiger partial charge in [0.15, 0.2) is 11.5 Å². The third kappa shape index (κ3) is 3.45. The van der Waals surface area contributed by atoms with Crippen molar-refractivity contribution in [3.05, 3.63) is 96.3 Å². The Bertz CT molecular complexity index is 1290. The Morgan fingerprint density at radius 3 is 2.53 bits per heavy atom. The van der Waals surface area contributed by atoms with Gasteiger partial charge in [-0.05, 0) is 48.5 Å².